The van der Waals surface area contributed by atoms with Crippen molar-refractivity contribution in [2.75, 3.05) is 10.2 Å². The average molecular weight is 464 g/mol. The van der Waals surface area contributed by atoms with Gasteiger partial charge < -0.3 is 10.2 Å². The molecule has 2 N–H and O–H groups in total. The van der Waals surface area contributed by atoms with Crippen molar-refractivity contribution >= 4 is 44.8 Å². The van der Waals surface area contributed by atoms with Gasteiger partial charge in [-0.3, -0.25) is 9.59 Å². The van der Waals surface area contributed by atoms with E-state index >= 15 is 0 Å². The molecule has 1 aliphatic heterocycles. The Hall–Kier alpha value is -2.42. The number of fused-ring (bicyclic) bond motifs is 1. The van der Waals surface area contributed by atoms with E-state index < -0.39 is 22.0 Å². The molecule has 31 heavy (non-hydrogen) atoms. The summed E-state index contributed by atoms with van der Waals surface area (Å²) >= 11 is 5.96. The summed E-state index contributed by atoms with van der Waals surface area (Å²) in [7, 11) is -3.97. The van der Waals surface area contributed by atoms with Crippen LogP contribution < -0.4 is 14.9 Å². The molecule has 2 aromatic carbocycles. The lowest BCUT2D eigenvalue weighted by molar-refractivity contribution is -0.118. The van der Waals surface area contributed by atoms with Crippen molar-refractivity contribution in [3.8, 4) is 0 Å². The maximum atomic E-state index is 13.1. The van der Waals surface area contributed by atoms with Crippen LogP contribution in [0.2, 0.25) is 5.02 Å². The Morgan fingerprint density at radius 2 is 1.87 bits per heavy atom. The number of rotatable bonds is 6. The molecule has 0 aromatic heterocycles. The minimum atomic E-state index is -3.97. The van der Waals surface area contributed by atoms with Crippen molar-refractivity contribution in [3.05, 3.63) is 53.1 Å². The van der Waals surface area contributed by atoms with E-state index in [9.17, 15) is 18.0 Å². The number of hydrogen-bond donors (Lipinski definition) is 2. The minimum absolute atomic E-state index is 0.0368. The highest BCUT2D eigenvalue weighted by atomic mass is 35.5. The lowest BCUT2D eigenvalue weighted by Gasteiger charge is -2.22. The zero-order chi connectivity index (χ0) is 22.9. The van der Waals surface area contributed by atoms with Gasteiger partial charge in [-0.25, -0.2) is 8.42 Å². The summed E-state index contributed by atoms with van der Waals surface area (Å²) in [5, 5.41) is 3.17. The van der Waals surface area contributed by atoms with E-state index in [4.69, 9.17) is 11.6 Å². The van der Waals surface area contributed by atoms with Crippen molar-refractivity contribution < 1.29 is 18.0 Å². The highest BCUT2D eigenvalue weighted by Crippen LogP contribution is 2.34. The molecule has 0 unspecified atom stereocenters. The maximum absolute atomic E-state index is 13.1. The summed E-state index contributed by atoms with van der Waals surface area (Å²) in [6.07, 6.45) is 0.571. The Bertz CT molecular complexity index is 1120. The largest absolute Gasteiger partial charge is 0.325 e. The Kier molecular flexibility index (Phi) is 6.73. The van der Waals surface area contributed by atoms with E-state index in [1.54, 1.807) is 55.1 Å². The predicted octanol–water partition coefficient (Wildman–Crippen LogP) is 3.58. The average Bonchev–Trinajstić information content (AvgIpc) is 3.00. The molecule has 1 heterocycles. The number of benzene rings is 2. The van der Waals surface area contributed by atoms with Gasteiger partial charge in [-0.15, -0.1) is 0 Å². The molecule has 7 nitrogen and oxygen atoms in total. The molecular weight excluding hydrogens is 438 g/mol. The molecule has 0 saturated heterocycles. The smallest absolute Gasteiger partial charge is 0.242 e. The van der Waals surface area contributed by atoms with E-state index in [1.165, 1.54) is 13.0 Å². The number of halogens is 1. The van der Waals surface area contributed by atoms with E-state index in [0.29, 0.717) is 17.1 Å². The zero-order valence-corrected chi connectivity index (χ0v) is 19.4. The van der Waals surface area contributed by atoms with Gasteiger partial charge in [0.2, 0.25) is 21.8 Å². The summed E-state index contributed by atoms with van der Waals surface area (Å²) in [5.41, 5.74) is 1.99. The minimum Gasteiger partial charge on any atom is -0.325 e. The Labute approximate surface area is 187 Å². The highest BCUT2D eigenvalue weighted by Gasteiger charge is 2.32. The normalized spacial score (nSPS) is 16.8. The van der Waals surface area contributed by atoms with Crippen LogP contribution >= 0.6 is 11.6 Å². The molecule has 0 bridgehead atoms. The first-order chi connectivity index (χ1) is 14.5. The van der Waals surface area contributed by atoms with Gasteiger partial charge in [-0.1, -0.05) is 31.5 Å². The van der Waals surface area contributed by atoms with Gasteiger partial charge in [0.1, 0.15) is 6.04 Å². The summed E-state index contributed by atoms with van der Waals surface area (Å²) < 4.78 is 28.7. The molecule has 2 atom stereocenters. The Morgan fingerprint density at radius 1 is 1.16 bits per heavy atom. The van der Waals surface area contributed by atoms with Crippen LogP contribution in [-0.2, 0) is 26.0 Å². The van der Waals surface area contributed by atoms with Crippen molar-refractivity contribution in [2.24, 2.45) is 5.92 Å². The molecule has 1 aliphatic rings. The van der Waals surface area contributed by atoms with Crippen LogP contribution in [-0.4, -0.2) is 32.3 Å². The van der Waals surface area contributed by atoms with Gasteiger partial charge in [-0.2, -0.15) is 4.72 Å². The summed E-state index contributed by atoms with van der Waals surface area (Å²) in [5.74, 6) is -0.854. The zero-order valence-electron chi connectivity index (χ0n) is 17.8. The molecule has 0 aliphatic carbocycles. The number of nitrogens with zero attached hydrogens (tertiary/aromatic N) is 1. The van der Waals surface area contributed by atoms with Crippen LogP contribution in [0.5, 0.6) is 0 Å². The SMILES string of the molecule is CC(=O)N1c2ccc(S(=O)(=O)N[C@@H](C(=O)Nc3cccc(Cl)c3)C(C)C)cc2C[C@@H]1C. The number of carbonyl (C=O) groups excluding carboxylic acids is 2. The molecule has 2 aromatic rings. The number of anilines is 2. The van der Waals surface area contributed by atoms with Crippen molar-refractivity contribution in [2.45, 2.75) is 51.1 Å². The first-order valence-electron chi connectivity index (χ1n) is 10.0. The molecule has 0 spiro atoms. The van der Waals surface area contributed by atoms with Crippen LogP contribution in [0, 0.1) is 5.92 Å². The van der Waals surface area contributed by atoms with Crippen LogP contribution in [0.4, 0.5) is 11.4 Å². The van der Waals surface area contributed by atoms with Crippen LogP contribution in [0.3, 0.4) is 0 Å². The number of amides is 2. The van der Waals surface area contributed by atoms with Crippen LogP contribution in [0.1, 0.15) is 33.3 Å². The second-order valence-corrected chi connectivity index (χ2v) is 10.2. The lowest BCUT2D eigenvalue weighted by atomic mass is 10.0. The van der Waals surface area contributed by atoms with Gasteiger partial charge in [0.05, 0.1) is 4.90 Å². The third-order valence-electron chi connectivity index (χ3n) is 5.24. The highest BCUT2D eigenvalue weighted by molar-refractivity contribution is 7.89. The monoisotopic (exact) mass is 463 g/mol. The first-order valence-corrected chi connectivity index (χ1v) is 11.9. The molecule has 2 amide bonds. The molecule has 9 heteroatoms. The first kappa shape index (κ1) is 23.2. The molecule has 166 valence electrons. The summed E-state index contributed by atoms with van der Waals surface area (Å²) in [6.45, 7) is 6.94. The number of hydrogen-bond acceptors (Lipinski definition) is 4. The van der Waals surface area contributed by atoms with Gasteiger partial charge >= 0.3 is 0 Å². The molecule has 0 radical (unpaired) electrons. The second-order valence-electron chi connectivity index (χ2n) is 8.08. The topological polar surface area (TPSA) is 95.6 Å². The van der Waals surface area contributed by atoms with Crippen molar-refractivity contribution in [3.63, 3.8) is 0 Å². The second kappa shape index (κ2) is 8.98. The van der Waals surface area contributed by atoms with Gasteiger partial charge in [0, 0.05) is 29.4 Å². The predicted molar refractivity (Wildman–Crippen MR) is 122 cm³/mol. The fraction of sp³-hybridized carbons (Fsp3) is 0.364. The number of nitrogens with one attached hydrogen (secondary N) is 2. The standard InChI is InChI=1S/C22H26ClN3O4S/c1-13(2)21(22(28)24-18-7-5-6-17(23)12-18)25-31(29,30)19-8-9-20-16(11-19)10-14(3)26(20)15(4)27/h5-9,11-14,21,25H,10H2,1-4H3,(H,24,28)/t14-,21+/m0/s1. The van der Waals surface area contributed by atoms with Crippen LogP contribution in [0.15, 0.2) is 47.4 Å². The Morgan fingerprint density at radius 3 is 2.48 bits per heavy atom. The van der Waals surface area contributed by atoms with E-state index in [2.05, 4.69) is 10.0 Å². The van der Waals surface area contributed by atoms with Gasteiger partial charge in [0.15, 0.2) is 0 Å². The van der Waals surface area contributed by atoms with Crippen molar-refractivity contribution in [1.29, 1.82) is 0 Å². The maximum Gasteiger partial charge on any atom is 0.242 e. The summed E-state index contributed by atoms with van der Waals surface area (Å²) in [6, 6.07) is 10.3. The third kappa shape index (κ3) is 5.08. The molecule has 0 fully saturated rings. The Balaban J connectivity index is 1.83. The lowest BCUT2D eigenvalue weighted by Crippen LogP contribution is -2.47. The van der Waals surface area contributed by atoms with Gasteiger partial charge in [-0.05, 0) is 61.2 Å². The van der Waals surface area contributed by atoms with E-state index in [-0.39, 0.29) is 22.8 Å². The quantitative estimate of drug-likeness (QED) is 0.684. The molecular formula is C22H26ClN3O4S. The van der Waals surface area contributed by atoms with Gasteiger partial charge in [0.25, 0.3) is 0 Å². The number of carbonyl (C=O) groups is 2. The number of sulfonamides is 1. The van der Waals surface area contributed by atoms with Crippen molar-refractivity contribution in [1.82, 2.24) is 4.72 Å². The van der Waals surface area contributed by atoms with Crippen LogP contribution in [0.25, 0.3) is 0 Å². The fourth-order valence-corrected chi connectivity index (χ4v) is 5.35. The molecule has 0 saturated carbocycles. The molecule has 3 rings (SSSR count). The third-order valence-corrected chi connectivity index (χ3v) is 6.91. The van der Waals surface area contributed by atoms with E-state index in [1.807, 2.05) is 6.92 Å². The fourth-order valence-electron chi connectivity index (χ4n) is 3.77. The summed E-state index contributed by atoms with van der Waals surface area (Å²) in [4.78, 5) is 26.4. The van der Waals surface area contributed by atoms with E-state index in [0.717, 1.165) is 11.3 Å².